The van der Waals surface area contributed by atoms with Gasteiger partial charge in [-0.2, -0.15) is 8.42 Å². The molecule has 0 unspecified atom stereocenters. The van der Waals surface area contributed by atoms with Gasteiger partial charge in [0, 0.05) is 0 Å². The van der Waals surface area contributed by atoms with Crippen LogP contribution in [-0.2, 0) is 16.6 Å². The summed E-state index contributed by atoms with van der Waals surface area (Å²) >= 11 is 5.88. The molecule has 0 spiro atoms. The van der Waals surface area contributed by atoms with Gasteiger partial charge >= 0.3 is 10.2 Å². The number of fused-ring (bicyclic) bond motifs is 1. The summed E-state index contributed by atoms with van der Waals surface area (Å²) in [5, 5.41) is 0.334. The molecule has 2 rings (SSSR count). The molecular formula is C9H8ClFO4S. The molecule has 0 amide bonds. The van der Waals surface area contributed by atoms with E-state index in [-0.39, 0.29) is 13.2 Å². The van der Waals surface area contributed by atoms with Crippen molar-refractivity contribution in [2.24, 2.45) is 0 Å². The van der Waals surface area contributed by atoms with Crippen molar-refractivity contribution in [1.29, 1.82) is 0 Å². The molecule has 0 fully saturated rings. The van der Waals surface area contributed by atoms with E-state index in [0.29, 0.717) is 22.1 Å². The van der Waals surface area contributed by atoms with Crippen molar-refractivity contribution in [1.82, 2.24) is 0 Å². The van der Waals surface area contributed by atoms with Crippen LogP contribution in [0.15, 0.2) is 12.1 Å². The van der Waals surface area contributed by atoms with Gasteiger partial charge in [-0.05, 0) is 24.1 Å². The number of ether oxygens (including phenoxy) is 2. The lowest BCUT2D eigenvalue weighted by Gasteiger charge is -2.03. The Morgan fingerprint density at radius 2 is 2.12 bits per heavy atom. The minimum absolute atomic E-state index is 0.0508. The van der Waals surface area contributed by atoms with E-state index in [9.17, 15) is 12.3 Å². The number of rotatable bonds is 3. The lowest BCUT2D eigenvalue weighted by atomic mass is 10.1. The van der Waals surface area contributed by atoms with Crippen molar-refractivity contribution in [3.8, 4) is 11.5 Å². The average molecular weight is 267 g/mol. The van der Waals surface area contributed by atoms with Gasteiger partial charge in [0.1, 0.15) is 0 Å². The van der Waals surface area contributed by atoms with E-state index in [4.69, 9.17) is 21.1 Å². The fourth-order valence-electron chi connectivity index (χ4n) is 1.40. The molecule has 4 nitrogen and oxygen atoms in total. The summed E-state index contributed by atoms with van der Waals surface area (Å²) in [7, 11) is -4.46. The summed E-state index contributed by atoms with van der Waals surface area (Å²) in [5.74, 6) is 0.329. The third-order valence-corrected chi connectivity index (χ3v) is 3.09. The second kappa shape index (κ2) is 4.10. The van der Waals surface area contributed by atoms with E-state index in [1.54, 1.807) is 12.1 Å². The largest absolute Gasteiger partial charge is 0.454 e. The van der Waals surface area contributed by atoms with Crippen LogP contribution in [0.2, 0.25) is 5.02 Å². The van der Waals surface area contributed by atoms with Gasteiger partial charge in [-0.1, -0.05) is 11.6 Å². The van der Waals surface area contributed by atoms with Crippen LogP contribution >= 0.6 is 11.6 Å². The number of halogens is 2. The number of aryl methyl sites for hydroxylation is 1. The fraction of sp³-hybridized carbons (Fsp3) is 0.333. The van der Waals surface area contributed by atoms with Crippen LogP contribution < -0.4 is 9.47 Å². The van der Waals surface area contributed by atoms with Gasteiger partial charge in [-0.25, -0.2) is 0 Å². The van der Waals surface area contributed by atoms with Gasteiger partial charge in [-0.15, -0.1) is 3.89 Å². The maximum absolute atomic E-state index is 12.3. The minimum Gasteiger partial charge on any atom is -0.454 e. The lowest BCUT2D eigenvalue weighted by Crippen LogP contribution is -2.02. The smallest absolute Gasteiger partial charge is 0.302 e. The monoisotopic (exact) mass is 266 g/mol. The third-order valence-electron chi connectivity index (χ3n) is 2.12. The Hall–Kier alpha value is -1.01. The minimum atomic E-state index is -4.46. The van der Waals surface area contributed by atoms with Gasteiger partial charge in [0.2, 0.25) is 6.79 Å². The molecule has 0 bridgehead atoms. The molecule has 1 heterocycles. The Morgan fingerprint density at radius 3 is 2.81 bits per heavy atom. The van der Waals surface area contributed by atoms with Gasteiger partial charge < -0.3 is 9.47 Å². The van der Waals surface area contributed by atoms with E-state index in [2.05, 4.69) is 0 Å². The molecule has 0 N–H and O–H groups in total. The highest BCUT2D eigenvalue weighted by Gasteiger charge is 2.19. The van der Waals surface area contributed by atoms with Crippen LogP contribution in [0.25, 0.3) is 0 Å². The van der Waals surface area contributed by atoms with E-state index in [1.807, 2.05) is 0 Å². The zero-order chi connectivity index (χ0) is 11.8. The van der Waals surface area contributed by atoms with Gasteiger partial charge in [-0.3, -0.25) is 0 Å². The van der Waals surface area contributed by atoms with Crippen LogP contribution in [0, 0.1) is 0 Å². The Kier molecular flexibility index (Phi) is 2.94. The molecule has 0 aromatic heterocycles. The topological polar surface area (TPSA) is 52.6 Å². The molecule has 7 heteroatoms. The zero-order valence-corrected chi connectivity index (χ0v) is 9.65. The first kappa shape index (κ1) is 11.5. The number of hydrogen-bond acceptors (Lipinski definition) is 4. The Morgan fingerprint density at radius 1 is 1.38 bits per heavy atom. The molecule has 1 aromatic rings. The van der Waals surface area contributed by atoms with Crippen molar-refractivity contribution in [3.63, 3.8) is 0 Å². The summed E-state index contributed by atoms with van der Waals surface area (Å²) in [6.07, 6.45) is 0.0508. The molecular weight excluding hydrogens is 259 g/mol. The van der Waals surface area contributed by atoms with Crippen molar-refractivity contribution in [2.75, 3.05) is 12.5 Å². The molecule has 0 aliphatic carbocycles. The molecule has 1 aliphatic heterocycles. The highest BCUT2D eigenvalue weighted by molar-refractivity contribution is 7.86. The lowest BCUT2D eigenvalue weighted by molar-refractivity contribution is 0.174. The molecule has 0 atom stereocenters. The SMILES string of the molecule is O=S(=O)(F)CCc1cc(Cl)c2c(c1)OCO2. The predicted octanol–water partition coefficient (Wildman–Crippen LogP) is 1.91. The second-order valence-electron chi connectivity index (χ2n) is 3.30. The number of benzene rings is 1. The van der Waals surface area contributed by atoms with Crippen LogP contribution in [0.5, 0.6) is 11.5 Å². The van der Waals surface area contributed by atoms with Crippen LogP contribution in [-0.4, -0.2) is 21.0 Å². The highest BCUT2D eigenvalue weighted by Crippen LogP contribution is 2.39. The fourth-order valence-corrected chi connectivity index (χ4v) is 2.17. The van der Waals surface area contributed by atoms with E-state index < -0.39 is 16.0 Å². The Labute approximate surface area is 97.1 Å². The van der Waals surface area contributed by atoms with Crippen LogP contribution in [0.3, 0.4) is 0 Å². The number of hydrogen-bond donors (Lipinski definition) is 0. The first-order chi connectivity index (χ1) is 7.46. The summed E-state index contributed by atoms with van der Waals surface area (Å²) < 4.78 is 43.3. The summed E-state index contributed by atoms with van der Waals surface area (Å²) in [4.78, 5) is 0. The normalized spacial score (nSPS) is 14.1. The molecule has 0 saturated heterocycles. The van der Waals surface area contributed by atoms with E-state index in [0.717, 1.165) is 0 Å². The average Bonchev–Trinajstić information content (AvgIpc) is 2.62. The predicted molar refractivity (Wildman–Crippen MR) is 56.2 cm³/mol. The maximum atomic E-state index is 12.3. The standard InChI is InChI=1S/C9H8ClFO4S/c10-7-3-6(1-2-16(11,12)13)4-8-9(7)15-5-14-8/h3-4H,1-2,5H2. The maximum Gasteiger partial charge on any atom is 0.302 e. The Balaban J connectivity index is 2.21. The molecule has 1 aromatic carbocycles. The second-order valence-corrected chi connectivity index (χ2v) is 5.20. The molecule has 16 heavy (non-hydrogen) atoms. The van der Waals surface area contributed by atoms with E-state index >= 15 is 0 Å². The molecule has 0 saturated carbocycles. The van der Waals surface area contributed by atoms with Crippen LogP contribution in [0.4, 0.5) is 3.89 Å². The zero-order valence-electron chi connectivity index (χ0n) is 8.07. The highest BCUT2D eigenvalue weighted by atomic mass is 35.5. The van der Waals surface area contributed by atoms with Crippen molar-refractivity contribution in [2.45, 2.75) is 6.42 Å². The molecule has 1 aliphatic rings. The summed E-state index contributed by atoms with van der Waals surface area (Å²) in [6, 6.07) is 3.14. The molecule has 0 radical (unpaired) electrons. The van der Waals surface area contributed by atoms with Crippen LogP contribution in [0.1, 0.15) is 5.56 Å². The first-order valence-electron chi connectivity index (χ1n) is 4.46. The van der Waals surface area contributed by atoms with Crippen molar-refractivity contribution in [3.05, 3.63) is 22.7 Å². The van der Waals surface area contributed by atoms with Gasteiger partial charge in [0.05, 0.1) is 10.8 Å². The summed E-state index contributed by atoms with van der Waals surface area (Å²) in [5.41, 5.74) is 0.593. The van der Waals surface area contributed by atoms with Gasteiger partial charge in [0.15, 0.2) is 11.5 Å². The third kappa shape index (κ3) is 2.56. The molecule has 88 valence electrons. The van der Waals surface area contributed by atoms with Gasteiger partial charge in [0.25, 0.3) is 0 Å². The quantitative estimate of drug-likeness (QED) is 0.784. The van der Waals surface area contributed by atoms with Crippen molar-refractivity contribution < 1.29 is 21.8 Å². The summed E-state index contributed by atoms with van der Waals surface area (Å²) in [6.45, 7) is 0.0833. The Bertz CT molecular complexity index is 514. The van der Waals surface area contributed by atoms with E-state index in [1.165, 1.54) is 0 Å². The first-order valence-corrected chi connectivity index (χ1v) is 6.39. The van der Waals surface area contributed by atoms with Crippen molar-refractivity contribution >= 4 is 21.8 Å².